The number of phenolic OH excluding ortho intramolecular Hbond substituents is 2. The smallest absolute Gasteiger partial charge is 0.508 e. The van der Waals surface area contributed by atoms with Gasteiger partial charge in [0.2, 0.25) is 0 Å². The zero-order valence-electron chi connectivity index (χ0n) is 20.9. The lowest BCUT2D eigenvalue weighted by Crippen LogP contribution is -2.03. The highest BCUT2D eigenvalue weighted by Gasteiger charge is 2.25. The van der Waals surface area contributed by atoms with Crippen LogP contribution in [0.1, 0.15) is 44.7 Å². The van der Waals surface area contributed by atoms with Gasteiger partial charge in [0.25, 0.3) is 0 Å². The molecule has 39 heavy (non-hydrogen) atoms. The predicted octanol–water partition coefficient (Wildman–Crippen LogP) is 6.29. The number of hydrogen-bond donors (Lipinski definition) is 3. The molecule has 0 atom stereocenters. The van der Waals surface area contributed by atoms with E-state index in [0.29, 0.717) is 24.0 Å². The second-order valence-corrected chi connectivity index (χ2v) is 10.2. The Balaban J connectivity index is 1.32. The van der Waals surface area contributed by atoms with Crippen LogP contribution in [0.25, 0.3) is 0 Å². The Labute approximate surface area is 225 Å². The van der Waals surface area contributed by atoms with Crippen molar-refractivity contribution in [1.82, 2.24) is 0 Å². The van der Waals surface area contributed by atoms with Gasteiger partial charge in [0, 0.05) is 24.0 Å². The molecule has 0 aliphatic rings. The Bertz CT molecular complexity index is 1390. The maximum absolute atomic E-state index is 12.7. The van der Waals surface area contributed by atoms with E-state index in [-0.39, 0.29) is 47.4 Å². The number of carbonyl (C=O) groups is 2. The van der Waals surface area contributed by atoms with E-state index >= 15 is 0 Å². The van der Waals surface area contributed by atoms with Gasteiger partial charge in [-0.25, -0.2) is 4.57 Å². The van der Waals surface area contributed by atoms with E-state index in [0.717, 1.165) is 11.1 Å². The molecule has 0 radical (unpaired) electrons. The second kappa shape index (κ2) is 12.4. The first kappa shape index (κ1) is 27.6. The molecule has 0 bridgehead atoms. The maximum Gasteiger partial charge on any atom is 0.584 e. The molecule has 0 saturated heterocycles. The molecule has 200 valence electrons. The molecule has 3 N–H and O–H groups in total. The van der Waals surface area contributed by atoms with Crippen LogP contribution in [0.4, 0.5) is 0 Å². The third kappa shape index (κ3) is 8.30. The van der Waals surface area contributed by atoms with Crippen LogP contribution in [0.5, 0.6) is 23.0 Å². The first-order valence-electron chi connectivity index (χ1n) is 12.2. The van der Waals surface area contributed by atoms with Crippen molar-refractivity contribution in [3.63, 3.8) is 0 Å². The van der Waals surface area contributed by atoms with Crippen molar-refractivity contribution in [2.75, 3.05) is 0 Å². The molecule has 0 saturated carbocycles. The van der Waals surface area contributed by atoms with Gasteiger partial charge in [-0.05, 0) is 96.8 Å². The number of Topliss-reactive ketones (excluding diaryl/α,β-unsaturated/α-hetero) is 2. The van der Waals surface area contributed by atoms with E-state index in [2.05, 4.69) is 0 Å². The molecule has 4 aromatic rings. The van der Waals surface area contributed by atoms with Gasteiger partial charge in [-0.3, -0.25) is 14.5 Å². The van der Waals surface area contributed by atoms with Crippen molar-refractivity contribution in [2.45, 2.75) is 25.7 Å². The number of carbonyl (C=O) groups excluding carboxylic acids is 2. The summed E-state index contributed by atoms with van der Waals surface area (Å²) in [5, 5.41) is 18.7. The van der Waals surface area contributed by atoms with Crippen LogP contribution in [-0.2, 0) is 17.4 Å². The van der Waals surface area contributed by atoms with Crippen LogP contribution in [-0.4, -0.2) is 26.7 Å². The Morgan fingerprint density at radius 3 is 1.38 bits per heavy atom. The Hall–Kier alpha value is -4.39. The number of aromatic hydroxyl groups is 2. The average molecular weight is 547 g/mol. The van der Waals surface area contributed by atoms with Crippen LogP contribution < -0.4 is 9.05 Å². The standard InChI is InChI=1S/C30H27O8P/c31-25-13-9-23(10-14-25)29(33)17-7-21-3-1-5-27(19-21)37-39(35,36)38-28-6-2-4-22(20-28)8-18-30(34)24-11-15-26(32)16-12-24/h1-6,9-16,19-20,31-32H,7-8,17-18H2,(H,35,36). The van der Waals surface area contributed by atoms with E-state index in [1.165, 1.54) is 36.4 Å². The number of hydrogen-bond acceptors (Lipinski definition) is 7. The minimum absolute atomic E-state index is 0.0829. The lowest BCUT2D eigenvalue weighted by molar-refractivity contribution is 0.0975. The van der Waals surface area contributed by atoms with E-state index in [1.807, 2.05) is 0 Å². The molecule has 0 aliphatic heterocycles. The number of rotatable bonds is 12. The van der Waals surface area contributed by atoms with Gasteiger partial charge < -0.3 is 19.3 Å². The van der Waals surface area contributed by atoms with Crippen LogP contribution >= 0.6 is 7.82 Å². The average Bonchev–Trinajstić information content (AvgIpc) is 2.91. The fourth-order valence-electron chi connectivity index (χ4n) is 3.90. The molecule has 0 heterocycles. The highest BCUT2D eigenvalue weighted by Crippen LogP contribution is 2.44. The zero-order chi connectivity index (χ0) is 27.8. The third-order valence-electron chi connectivity index (χ3n) is 5.90. The zero-order valence-corrected chi connectivity index (χ0v) is 21.8. The molecular weight excluding hydrogens is 519 g/mol. The summed E-state index contributed by atoms with van der Waals surface area (Å²) in [6.07, 6.45) is 1.20. The van der Waals surface area contributed by atoms with Gasteiger partial charge in [0.15, 0.2) is 11.6 Å². The van der Waals surface area contributed by atoms with Crippen molar-refractivity contribution in [1.29, 1.82) is 0 Å². The Morgan fingerprint density at radius 1 is 0.615 bits per heavy atom. The number of benzene rings is 4. The van der Waals surface area contributed by atoms with Gasteiger partial charge in [0.05, 0.1) is 0 Å². The van der Waals surface area contributed by atoms with Crippen LogP contribution in [0, 0.1) is 0 Å². The van der Waals surface area contributed by atoms with Gasteiger partial charge in [-0.2, -0.15) is 0 Å². The lowest BCUT2D eigenvalue weighted by atomic mass is 10.0. The minimum Gasteiger partial charge on any atom is -0.508 e. The summed E-state index contributed by atoms with van der Waals surface area (Å²) in [7, 11) is -4.54. The van der Waals surface area contributed by atoms with E-state index in [9.17, 15) is 29.3 Å². The number of ketones is 2. The monoisotopic (exact) mass is 546 g/mol. The fourth-order valence-corrected chi connectivity index (χ4v) is 4.70. The normalized spacial score (nSPS) is 11.1. The quantitative estimate of drug-likeness (QED) is 0.140. The number of phosphoric ester groups is 1. The molecule has 4 aromatic carbocycles. The maximum atomic E-state index is 12.7. The highest BCUT2D eigenvalue weighted by molar-refractivity contribution is 7.48. The van der Waals surface area contributed by atoms with Crippen molar-refractivity contribution in [3.8, 4) is 23.0 Å². The third-order valence-corrected chi connectivity index (χ3v) is 6.78. The Morgan fingerprint density at radius 2 is 1.00 bits per heavy atom. The molecule has 0 fully saturated rings. The summed E-state index contributed by atoms with van der Waals surface area (Å²) < 4.78 is 23.2. The van der Waals surface area contributed by atoms with Gasteiger partial charge >= 0.3 is 7.82 Å². The van der Waals surface area contributed by atoms with Crippen LogP contribution in [0.3, 0.4) is 0 Å². The topological polar surface area (TPSA) is 130 Å². The van der Waals surface area contributed by atoms with Crippen molar-refractivity contribution < 1.29 is 38.3 Å². The minimum atomic E-state index is -4.54. The molecule has 0 aromatic heterocycles. The van der Waals surface area contributed by atoms with Crippen molar-refractivity contribution >= 4 is 19.4 Å². The molecule has 0 unspecified atom stereocenters. The van der Waals surface area contributed by atoms with Gasteiger partial charge in [-0.15, -0.1) is 0 Å². The fraction of sp³-hybridized carbons (Fsp3) is 0.133. The summed E-state index contributed by atoms with van der Waals surface area (Å²) in [5.41, 5.74) is 2.45. The summed E-state index contributed by atoms with van der Waals surface area (Å²) in [4.78, 5) is 35.1. The summed E-state index contributed by atoms with van der Waals surface area (Å²) in [6, 6.07) is 25.1. The molecular formula is C30H27O8P. The first-order valence-corrected chi connectivity index (χ1v) is 13.7. The predicted molar refractivity (Wildman–Crippen MR) is 145 cm³/mol. The first-order chi connectivity index (χ1) is 18.7. The number of aryl methyl sites for hydroxylation is 2. The Kier molecular flexibility index (Phi) is 8.81. The molecule has 4 rings (SSSR count). The summed E-state index contributed by atoms with van der Waals surface area (Å²) in [5.74, 6) is 0.209. The van der Waals surface area contributed by atoms with E-state index in [1.54, 1.807) is 60.7 Å². The largest absolute Gasteiger partial charge is 0.584 e. The number of phosphoric acid groups is 1. The van der Waals surface area contributed by atoms with E-state index in [4.69, 9.17) is 9.05 Å². The van der Waals surface area contributed by atoms with E-state index < -0.39 is 7.82 Å². The lowest BCUT2D eigenvalue weighted by Gasteiger charge is -2.15. The van der Waals surface area contributed by atoms with Gasteiger partial charge in [-0.1, -0.05) is 24.3 Å². The van der Waals surface area contributed by atoms with Crippen molar-refractivity contribution in [3.05, 3.63) is 119 Å². The number of phenols is 2. The van der Waals surface area contributed by atoms with Crippen molar-refractivity contribution in [2.24, 2.45) is 0 Å². The second-order valence-electron chi connectivity index (χ2n) is 8.89. The molecule has 8 nitrogen and oxygen atoms in total. The molecule has 0 spiro atoms. The van der Waals surface area contributed by atoms with Crippen LogP contribution in [0.2, 0.25) is 0 Å². The van der Waals surface area contributed by atoms with Crippen LogP contribution in [0.15, 0.2) is 97.1 Å². The summed E-state index contributed by atoms with van der Waals surface area (Å²) in [6.45, 7) is 0. The van der Waals surface area contributed by atoms with Gasteiger partial charge in [0.1, 0.15) is 23.0 Å². The highest BCUT2D eigenvalue weighted by atomic mass is 31.2. The molecule has 0 aliphatic carbocycles. The summed E-state index contributed by atoms with van der Waals surface area (Å²) >= 11 is 0. The SMILES string of the molecule is O=C(CCc1cccc(OP(=O)(O)Oc2cccc(CCC(=O)c3ccc(O)cc3)c2)c1)c1ccc(O)cc1. The molecule has 0 amide bonds. The molecule has 9 heteroatoms.